The van der Waals surface area contributed by atoms with Gasteiger partial charge in [-0.25, -0.2) is 10.2 Å². The number of carbonyl (C=O) groups is 2. The van der Waals surface area contributed by atoms with Crippen molar-refractivity contribution in [1.29, 1.82) is 0 Å². The van der Waals surface area contributed by atoms with Crippen molar-refractivity contribution in [2.75, 3.05) is 5.43 Å². The molecule has 23 heavy (non-hydrogen) atoms. The van der Waals surface area contributed by atoms with E-state index in [4.69, 9.17) is 16.3 Å². The van der Waals surface area contributed by atoms with Crippen LogP contribution >= 0.6 is 11.6 Å². The fourth-order valence-electron chi connectivity index (χ4n) is 1.88. The van der Waals surface area contributed by atoms with Gasteiger partial charge in [0, 0.05) is 12.5 Å². The van der Waals surface area contributed by atoms with E-state index in [1.165, 1.54) is 0 Å². The second kappa shape index (κ2) is 7.08. The van der Waals surface area contributed by atoms with E-state index in [1.807, 2.05) is 6.07 Å². The SMILES string of the molecule is CC(C)(C)OC(=O)NNc1cc(CNC(=O)C2CC2)ccc1Cl. The molecule has 2 amide bonds. The first-order chi connectivity index (χ1) is 10.7. The number of hydrogen-bond acceptors (Lipinski definition) is 4. The molecular weight excluding hydrogens is 318 g/mol. The minimum atomic E-state index is -0.596. The van der Waals surface area contributed by atoms with Crippen LogP contribution < -0.4 is 16.2 Å². The number of rotatable bonds is 5. The van der Waals surface area contributed by atoms with Crippen LogP contribution in [0.15, 0.2) is 18.2 Å². The average molecular weight is 340 g/mol. The molecule has 1 fully saturated rings. The molecule has 0 bridgehead atoms. The van der Waals surface area contributed by atoms with Gasteiger partial charge in [0.2, 0.25) is 5.91 Å². The van der Waals surface area contributed by atoms with Crippen molar-refractivity contribution < 1.29 is 14.3 Å². The summed E-state index contributed by atoms with van der Waals surface area (Å²) in [5.74, 6) is 0.259. The first-order valence-electron chi connectivity index (χ1n) is 7.56. The third kappa shape index (κ3) is 5.98. The number of nitrogens with one attached hydrogen (secondary N) is 3. The number of anilines is 1. The Morgan fingerprint density at radius 1 is 1.30 bits per heavy atom. The molecule has 7 heteroatoms. The summed E-state index contributed by atoms with van der Waals surface area (Å²) in [6.45, 7) is 5.77. The molecular formula is C16H22ClN3O3. The normalized spacial score (nSPS) is 14.1. The summed E-state index contributed by atoms with van der Waals surface area (Å²) >= 11 is 6.09. The van der Waals surface area contributed by atoms with Crippen molar-refractivity contribution in [2.45, 2.75) is 45.8 Å². The number of amides is 2. The van der Waals surface area contributed by atoms with Crippen LogP contribution in [0.2, 0.25) is 5.02 Å². The highest BCUT2D eigenvalue weighted by atomic mass is 35.5. The van der Waals surface area contributed by atoms with Crippen LogP contribution in [0.3, 0.4) is 0 Å². The molecule has 3 N–H and O–H groups in total. The van der Waals surface area contributed by atoms with E-state index in [1.54, 1.807) is 32.9 Å². The largest absolute Gasteiger partial charge is 0.443 e. The maximum Gasteiger partial charge on any atom is 0.426 e. The molecule has 0 radical (unpaired) electrons. The molecule has 2 rings (SSSR count). The Morgan fingerprint density at radius 2 is 2.00 bits per heavy atom. The molecule has 6 nitrogen and oxygen atoms in total. The summed E-state index contributed by atoms with van der Waals surface area (Å²) < 4.78 is 5.13. The van der Waals surface area contributed by atoms with E-state index in [0.717, 1.165) is 18.4 Å². The molecule has 0 atom stereocenters. The van der Waals surface area contributed by atoms with Gasteiger partial charge in [0.05, 0.1) is 10.7 Å². The summed E-state index contributed by atoms with van der Waals surface area (Å²) in [7, 11) is 0. The predicted molar refractivity (Wildman–Crippen MR) is 89.0 cm³/mol. The lowest BCUT2D eigenvalue weighted by Crippen LogP contribution is -2.35. The molecule has 0 heterocycles. The third-order valence-corrected chi connectivity index (χ3v) is 3.47. The van der Waals surface area contributed by atoms with E-state index in [9.17, 15) is 9.59 Å². The standard InChI is InChI=1S/C16H22ClN3O3/c1-16(2,3)23-15(22)20-19-13-8-10(4-7-12(13)17)9-18-14(21)11-5-6-11/h4,7-8,11,19H,5-6,9H2,1-3H3,(H,18,21)(H,20,22). The lowest BCUT2D eigenvalue weighted by Gasteiger charge is -2.20. The molecule has 0 aromatic heterocycles. The lowest BCUT2D eigenvalue weighted by molar-refractivity contribution is -0.122. The number of hydrazine groups is 1. The number of hydrogen-bond donors (Lipinski definition) is 3. The molecule has 1 aliphatic carbocycles. The minimum absolute atomic E-state index is 0.0846. The second-order valence-electron chi connectivity index (χ2n) is 6.56. The van der Waals surface area contributed by atoms with Crippen LogP contribution in [0.4, 0.5) is 10.5 Å². The number of carbonyl (C=O) groups excluding carboxylic acids is 2. The molecule has 1 aliphatic rings. The second-order valence-corrected chi connectivity index (χ2v) is 6.97. The van der Waals surface area contributed by atoms with Crippen LogP contribution in [0.5, 0.6) is 0 Å². The minimum Gasteiger partial charge on any atom is -0.443 e. The highest BCUT2D eigenvalue weighted by Crippen LogP contribution is 2.29. The van der Waals surface area contributed by atoms with Crippen molar-refractivity contribution >= 4 is 29.3 Å². The van der Waals surface area contributed by atoms with Crippen LogP contribution in [0.1, 0.15) is 39.2 Å². The summed E-state index contributed by atoms with van der Waals surface area (Å²) in [5, 5.41) is 3.34. The zero-order valence-corrected chi connectivity index (χ0v) is 14.3. The predicted octanol–water partition coefficient (Wildman–Crippen LogP) is 3.22. The van der Waals surface area contributed by atoms with E-state index < -0.39 is 11.7 Å². The van der Waals surface area contributed by atoms with Crippen LogP contribution in [-0.4, -0.2) is 17.6 Å². The van der Waals surface area contributed by atoms with Crippen molar-refractivity contribution in [3.63, 3.8) is 0 Å². The average Bonchev–Trinajstić information content (AvgIpc) is 3.27. The van der Waals surface area contributed by atoms with E-state index in [-0.39, 0.29) is 11.8 Å². The summed E-state index contributed by atoms with van der Waals surface area (Å²) in [5.41, 5.74) is 6.01. The van der Waals surface area contributed by atoms with Crippen molar-refractivity contribution in [3.05, 3.63) is 28.8 Å². The summed E-state index contributed by atoms with van der Waals surface area (Å²) in [6, 6.07) is 5.31. The van der Waals surface area contributed by atoms with Crippen LogP contribution in [0, 0.1) is 5.92 Å². The molecule has 1 aromatic carbocycles. The molecule has 1 aromatic rings. The third-order valence-electron chi connectivity index (χ3n) is 3.14. The lowest BCUT2D eigenvalue weighted by atomic mass is 10.2. The zero-order valence-electron chi connectivity index (χ0n) is 13.5. The number of benzene rings is 1. The number of ether oxygens (including phenoxy) is 1. The first-order valence-corrected chi connectivity index (χ1v) is 7.93. The Balaban J connectivity index is 1.89. The van der Waals surface area contributed by atoms with Gasteiger partial charge in [0.15, 0.2) is 0 Å². The quantitative estimate of drug-likeness (QED) is 0.720. The fourth-order valence-corrected chi connectivity index (χ4v) is 2.04. The van der Waals surface area contributed by atoms with Gasteiger partial charge in [-0.05, 0) is 51.3 Å². The Bertz CT molecular complexity index is 595. The zero-order chi connectivity index (χ0) is 17.0. The van der Waals surface area contributed by atoms with Gasteiger partial charge in [-0.2, -0.15) is 0 Å². The van der Waals surface area contributed by atoms with E-state index in [2.05, 4.69) is 16.2 Å². The van der Waals surface area contributed by atoms with Gasteiger partial charge in [-0.15, -0.1) is 0 Å². The van der Waals surface area contributed by atoms with Gasteiger partial charge in [0.25, 0.3) is 0 Å². The summed E-state index contributed by atoms with van der Waals surface area (Å²) in [6.07, 6.45) is 1.35. The highest BCUT2D eigenvalue weighted by Gasteiger charge is 2.29. The van der Waals surface area contributed by atoms with E-state index >= 15 is 0 Å². The van der Waals surface area contributed by atoms with Crippen molar-refractivity contribution in [1.82, 2.24) is 10.7 Å². The van der Waals surface area contributed by atoms with Gasteiger partial charge < -0.3 is 10.1 Å². The van der Waals surface area contributed by atoms with Crippen LogP contribution in [-0.2, 0) is 16.1 Å². The Hall–Kier alpha value is -1.95. The Morgan fingerprint density at radius 3 is 2.61 bits per heavy atom. The fraction of sp³-hybridized carbons (Fsp3) is 0.500. The molecule has 0 unspecified atom stereocenters. The molecule has 126 valence electrons. The summed E-state index contributed by atoms with van der Waals surface area (Å²) in [4.78, 5) is 23.3. The van der Waals surface area contributed by atoms with E-state index in [0.29, 0.717) is 17.3 Å². The maximum absolute atomic E-state index is 11.7. The maximum atomic E-state index is 11.7. The highest BCUT2D eigenvalue weighted by molar-refractivity contribution is 6.33. The Kier molecular flexibility index (Phi) is 5.36. The molecule has 1 saturated carbocycles. The van der Waals surface area contributed by atoms with Crippen molar-refractivity contribution in [3.8, 4) is 0 Å². The molecule has 0 aliphatic heterocycles. The topological polar surface area (TPSA) is 79.5 Å². The van der Waals surface area contributed by atoms with Crippen LogP contribution in [0.25, 0.3) is 0 Å². The molecule has 0 spiro atoms. The molecule has 0 saturated heterocycles. The van der Waals surface area contributed by atoms with Gasteiger partial charge >= 0.3 is 6.09 Å². The first kappa shape index (κ1) is 17.4. The van der Waals surface area contributed by atoms with Gasteiger partial charge in [-0.3, -0.25) is 10.2 Å². The monoisotopic (exact) mass is 339 g/mol. The number of halogens is 1. The van der Waals surface area contributed by atoms with Gasteiger partial charge in [0.1, 0.15) is 5.60 Å². The smallest absolute Gasteiger partial charge is 0.426 e. The van der Waals surface area contributed by atoms with Gasteiger partial charge in [-0.1, -0.05) is 17.7 Å². The van der Waals surface area contributed by atoms with Crippen molar-refractivity contribution in [2.24, 2.45) is 5.92 Å². The Labute approximate surface area is 140 Å².